The molecule has 106 valence electrons. The van der Waals surface area contributed by atoms with Gasteiger partial charge < -0.3 is 5.73 Å². The topological polar surface area (TPSA) is 43.8 Å². The monoisotopic (exact) mass is 305 g/mol. The van der Waals surface area contributed by atoms with E-state index in [0.717, 1.165) is 34.7 Å². The second-order valence-corrected chi connectivity index (χ2v) is 5.75. The van der Waals surface area contributed by atoms with Crippen LogP contribution in [0, 0.1) is 0 Å². The van der Waals surface area contributed by atoms with E-state index in [4.69, 9.17) is 18.0 Å². The number of nitrogens with zero attached hydrogens (tertiary/aromatic N) is 2. The van der Waals surface area contributed by atoms with Crippen LogP contribution in [0.2, 0.25) is 0 Å². The molecule has 0 atom stereocenters. The molecule has 0 unspecified atom stereocenters. The van der Waals surface area contributed by atoms with E-state index >= 15 is 0 Å². The Kier molecular flexibility index (Phi) is 4.83. The molecule has 2 aromatic rings. The van der Waals surface area contributed by atoms with Crippen molar-refractivity contribution in [1.82, 2.24) is 9.78 Å². The van der Waals surface area contributed by atoms with Crippen LogP contribution in [0.15, 0.2) is 29.2 Å². The molecule has 3 nitrogen and oxygen atoms in total. The fourth-order valence-electron chi connectivity index (χ4n) is 2.22. The van der Waals surface area contributed by atoms with E-state index in [1.165, 1.54) is 5.69 Å². The van der Waals surface area contributed by atoms with Crippen molar-refractivity contribution in [1.29, 1.82) is 0 Å². The Hall–Kier alpha value is -1.33. The van der Waals surface area contributed by atoms with Gasteiger partial charge in [0.15, 0.2) is 0 Å². The highest BCUT2D eigenvalue weighted by atomic mass is 32.2. The van der Waals surface area contributed by atoms with Gasteiger partial charge in [-0.15, -0.1) is 11.8 Å². The Balaban J connectivity index is 2.69. The molecular weight excluding hydrogens is 286 g/mol. The van der Waals surface area contributed by atoms with Crippen LogP contribution in [0.4, 0.5) is 0 Å². The second kappa shape index (κ2) is 6.41. The number of aromatic nitrogens is 2. The zero-order chi connectivity index (χ0) is 14.7. The number of nitrogens with two attached hydrogens (primary N) is 1. The third-order valence-corrected chi connectivity index (χ3v) is 4.24. The summed E-state index contributed by atoms with van der Waals surface area (Å²) in [6.45, 7) is 4.24. The minimum Gasteiger partial charge on any atom is -0.389 e. The first-order valence-electron chi connectivity index (χ1n) is 6.67. The van der Waals surface area contributed by atoms with Gasteiger partial charge >= 0.3 is 0 Å². The zero-order valence-electron chi connectivity index (χ0n) is 12.0. The van der Waals surface area contributed by atoms with Crippen molar-refractivity contribution >= 4 is 29.0 Å². The van der Waals surface area contributed by atoms with E-state index < -0.39 is 0 Å². The van der Waals surface area contributed by atoms with E-state index in [1.807, 2.05) is 29.1 Å². The van der Waals surface area contributed by atoms with E-state index in [9.17, 15) is 0 Å². The maximum atomic E-state index is 5.94. The molecule has 0 amide bonds. The van der Waals surface area contributed by atoms with Gasteiger partial charge in [0.2, 0.25) is 0 Å². The molecule has 0 aliphatic rings. The van der Waals surface area contributed by atoms with Crippen molar-refractivity contribution in [3.8, 4) is 5.69 Å². The largest absolute Gasteiger partial charge is 0.389 e. The van der Waals surface area contributed by atoms with Crippen LogP contribution < -0.4 is 5.73 Å². The Morgan fingerprint density at radius 3 is 2.65 bits per heavy atom. The first kappa shape index (κ1) is 15.1. The molecular formula is C15H19N3S2. The maximum absolute atomic E-state index is 5.94. The highest BCUT2D eigenvalue weighted by molar-refractivity contribution is 7.98. The summed E-state index contributed by atoms with van der Waals surface area (Å²) >= 11 is 6.89. The van der Waals surface area contributed by atoms with Crippen molar-refractivity contribution in [2.45, 2.75) is 31.6 Å². The predicted molar refractivity (Wildman–Crippen MR) is 90.0 cm³/mol. The third-order valence-electron chi connectivity index (χ3n) is 3.26. The van der Waals surface area contributed by atoms with Crippen LogP contribution in [0.1, 0.15) is 30.8 Å². The Labute approximate surface area is 129 Å². The lowest BCUT2D eigenvalue weighted by molar-refractivity contribution is 0.791. The maximum Gasteiger partial charge on any atom is 0.107 e. The summed E-state index contributed by atoms with van der Waals surface area (Å²) in [5.41, 5.74) is 10.1. The van der Waals surface area contributed by atoms with E-state index in [0.29, 0.717) is 4.99 Å². The summed E-state index contributed by atoms with van der Waals surface area (Å²) in [4.78, 5) is 1.51. The van der Waals surface area contributed by atoms with Crippen molar-refractivity contribution < 1.29 is 0 Å². The van der Waals surface area contributed by atoms with E-state index in [1.54, 1.807) is 11.8 Å². The Morgan fingerprint density at radius 1 is 1.35 bits per heavy atom. The number of benzene rings is 1. The molecule has 5 heteroatoms. The molecule has 0 bridgehead atoms. The Bertz CT molecular complexity index is 632. The second-order valence-electron chi connectivity index (χ2n) is 4.46. The standard InChI is InChI=1S/C15H19N3S2/c1-4-10-9-11(5-2)18(17-10)12-7-6-8-13(20-3)14(12)15(16)19/h6-9H,4-5H2,1-3H3,(H2,16,19). The molecule has 2 N–H and O–H groups in total. The van der Waals surface area contributed by atoms with Crippen molar-refractivity contribution in [2.24, 2.45) is 5.73 Å². The highest BCUT2D eigenvalue weighted by Crippen LogP contribution is 2.27. The van der Waals surface area contributed by atoms with Crippen LogP contribution >= 0.6 is 24.0 Å². The van der Waals surface area contributed by atoms with Gasteiger partial charge in [0.1, 0.15) is 4.99 Å². The van der Waals surface area contributed by atoms with Crippen molar-refractivity contribution in [2.75, 3.05) is 6.26 Å². The summed E-state index contributed by atoms with van der Waals surface area (Å²) in [7, 11) is 0. The van der Waals surface area contributed by atoms with Gasteiger partial charge in [-0.1, -0.05) is 32.1 Å². The molecule has 20 heavy (non-hydrogen) atoms. The number of thiocarbonyl (C=S) groups is 1. The van der Waals surface area contributed by atoms with Gasteiger partial charge in [-0.25, -0.2) is 4.68 Å². The molecule has 0 aliphatic heterocycles. The molecule has 1 aromatic heterocycles. The number of hydrogen-bond donors (Lipinski definition) is 1. The fraction of sp³-hybridized carbons (Fsp3) is 0.333. The van der Waals surface area contributed by atoms with Gasteiger partial charge in [-0.05, 0) is 37.3 Å². The van der Waals surface area contributed by atoms with Gasteiger partial charge in [0, 0.05) is 16.2 Å². The molecule has 1 aromatic carbocycles. The minimum atomic E-state index is 0.417. The lowest BCUT2D eigenvalue weighted by Crippen LogP contribution is -2.16. The SMILES string of the molecule is CCc1cc(CC)n(-c2cccc(SC)c2C(N)=S)n1. The fourth-order valence-corrected chi connectivity index (χ4v) is 3.13. The molecule has 2 rings (SSSR count). The number of rotatable bonds is 5. The van der Waals surface area contributed by atoms with Gasteiger partial charge in [0.05, 0.1) is 11.4 Å². The minimum absolute atomic E-state index is 0.417. The smallest absolute Gasteiger partial charge is 0.107 e. The highest BCUT2D eigenvalue weighted by Gasteiger charge is 2.15. The van der Waals surface area contributed by atoms with Crippen LogP contribution in [0.3, 0.4) is 0 Å². The average molecular weight is 305 g/mol. The van der Waals surface area contributed by atoms with E-state index in [2.05, 4.69) is 25.0 Å². The first-order valence-corrected chi connectivity index (χ1v) is 8.30. The molecule has 0 saturated carbocycles. The average Bonchev–Trinajstić information content (AvgIpc) is 2.89. The van der Waals surface area contributed by atoms with Crippen LogP contribution in [0.5, 0.6) is 0 Å². The van der Waals surface area contributed by atoms with Crippen LogP contribution in [0.25, 0.3) is 5.69 Å². The summed E-state index contributed by atoms with van der Waals surface area (Å²) in [6, 6.07) is 8.24. The van der Waals surface area contributed by atoms with Crippen molar-refractivity contribution in [3.05, 3.63) is 41.2 Å². The Morgan fingerprint density at radius 2 is 2.10 bits per heavy atom. The van der Waals surface area contributed by atoms with Crippen LogP contribution in [-0.2, 0) is 12.8 Å². The van der Waals surface area contributed by atoms with E-state index in [-0.39, 0.29) is 0 Å². The van der Waals surface area contributed by atoms with Gasteiger partial charge in [-0.2, -0.15) is 5.10 Å². The predicted octanol–water partition coefficient (Wildman–Crippen LogP) is 3.35. The van der Waals surface area contributed by atoms with Crippen LogP contribution in [-0.4, -0.2) is 21.0 Å². The molecule has 0 fully saturated rings. The molecule has 0 saturated heterocycles. The third kappa shape index (κ3) is 2.74. The lowest BCUT2D eigenvalue weighted by atomic mass is 10.1. The normalized spacial score (nSPS) is 10.8. The summed E-state index contributed by atoms with van der Waals surface area (Å²) < 4.78 is 1.98. The summed E-state index contributed by atoms with van der Waals surface area (Å²) in [6.07, 6.45) is 3.88. The molecule has 0 spiro atoms. The number of thioether (sulfide) groups is 1. The molecule has 0 radical (unpaired) electrons. The quantitative estimate of drug-likeness (QED) is 0.679. The van der Waals surface area contributed by atoms with Gasteiger partial charge in [0.25, 0.3) is 0 Å². The first-order chi connectivity index (χ1) is 9.62. The number of hydrogen-bond acceptors (Lipinski definition) is 3. The summed E-state index contributed by atoms with van der Waals surface area (Å²) in [5, 5.41) is 4.68. The number of aryl methyl sites for hydroxylation is 2. The van der Waals surface area contributed by atoms with Crippen molar-refractivity contribution in [3.63, 3.8) is 0 Å². The molecule has 1 heterocycles. The summed E-state index contributed by atoms with van der Waals surface area (Å²) in [5.74, 6) is 0. The van der Waals surface area contributed by atoms with Gasteiger partial charge in [-0.3, -0.25) is 0 Å². The molecule has 0 aliphatic carbocycles. The lowest BCUT2D eigenvalue weighted by Gasteiger charge is -2.14. The zero-order valence-corrected chi connectivity index (χ0v) is 13.6.